The fourth-order valence-electron chi connectivity index (χ4n) is 3.34. The van der Waals surface area contributed by atoms with E-state index in [1.807, 2.05) is 0 Å². The molecule has 0 amide bonds. The van der Waals surface area contributed by atoms with Gasteiger partial charge in [-0.2, -0.15) is 0 Å². The number of rotatable bonds is 5. The highest BCUT2D eigenvalue weighted by Crippen LogP contribution is 2.35. The molecule has 0 radical (unpaired) electrons. The molecule has 2 rings (SSSR count). The van der Waals surface area contributed by atoms with Crippen LogP contribution in [0.2, 0.25) is 0 Å². The first-order valence-electron chi connectivity index (χ1n) is 8.15. The molecule has 1 nitrogen and oxygen atoms in total. The van der Waals surface area contributed by atoms with Gasteiger partial charge in [-0.05, 0) is 42.4 Å². The van der Waals surface area contributed by atoms with E-state index in [9.17, 15) is 0 Å². The van der Waals surface area contributed by atoms with Gasteiger partial charge in [-0.3, -0.25) is 0 Å². The minimum atomic E-state index is 0.568. The fourth-order valence-corrected chi connectivity index (χ4v) is 3.61. The first-order chi connectivity index (χ1) is 9.66. The maximum atomic E-state index is 3.66. The zero-order valence-corrected chi connectivity index (χ0v) is 14.5. The molecule has 1 N–H and O–H groups in total. The number of nitrogens with one attached hydrogen (secondary N) is 1. The van der Waals surface area contributed by atoms with Crippen LogP contribution in [0.3, 0.4) is 0 Å². The van der Waals surface area contributed by atoms with Crippen LogP contribution in [0.1, 0.15) is 63.9 Å². The van der Waals surface area contributed by atoms with E-state index in [1.54, 1.807) is 0 Å². The summed E-state index contributed by atoms with van der Waals surface area (Å²) in [5.74, 6) is 1.52. The molecule has 20 heavy (non-hydrogen) atoms. The Morgan fingerprint density at radius 2 is 1.65 bits per heavy atom. The van der Waals surface area contributed by atoms with E-state index in [4.69, 9.17) is 0 Å². The van der Waals surface area contributed by atoms with E-state index in [0.29, 0.717) is 12.0 Å². The van der Waals surface area contributed by atoms with Crippen molar-refractivity contribution in [2.45, 2.75) is 64.3 Å². The maximum absolute atomic E-state index is 3.66. The van der Waals surface area contributed by atoms with E-state index in [1.165, 1.54) is 48.6 Å². The number of hydrogen-bond donors (Lipinski definition) is 1. The van der Waals surface area contributed by atoms with Gasteiger partial charge in [-0.25, -0.2) is 0 Å². The summed E-state index contributed by atoms with van der Waals surface area (Å²) in [4.78, 5) is 0. The van der Waals surface area contributed by atoms with Gasteiger partial charge in [0.2, 0.25) is 0 Å². The van der Waals surface area contributed by atoms with Gasteiger partial charge in [-0.1, -0.05) is 67.6 Å². The normalized spacial score (nSPS) is 19.0. The highest BCUT2D eigenvalue weighted by Gasteiger charge is 2.24. The highest BCUT2D eigenvalue weighted by molar-refractivity contribution is 9.10. The summed E-state index contributed by atoms with van der Waals surface area (Å²) in [5, 5.41) is 3.66. The summed E-state index contributed by atoms with van der Waals surface area (Å²) in [5.41, 5.74) is 1.51. The summed E-state index contributed by atoms with van der Waals surface area (Å²) >= 11 is 3.55. The van der Waals surface area contributed by atoms with Crippen molar-refractivity contribution in [1.82, 2.24) is 5.32 Å². The Bertz CT molecular complexity index is 377. The topological polar surface area (TPSA) is 12.0 Å². The van der Waals surface area contributed by atoms with Gasteiger partial charge in [-0.15, -0.1) is 0 Å². The highest BCUT2D eigenvalue weighted by atomic mass is 79.9. The van der Waals surface area contributed by atoms with Crippen molar-refractivity contribution >= 4 is 15.9 Å². The molecular formula is C18H28BrN. The van der Waals surface area contributed by atoms with Gasteiger partial charge >= 0.3 is 0 Å². The molecule has 0 saturated heterocycles. The second-order valence-electron chi connectivity index (χ2n) is 6.47. The molecule has 1 aromatic rings. The lowest BCUT2D eigenvalue weighted by Crippen LogP contribution is -2.31. The van der Waals surface area contributed by atoms with Crippen LogP contribution in [0.4, 0.5) is 0 Å². The van der Waals surface area contributed by atoms with Crippen LogP contribution in [0, 0.1) is 5.92 Å². The molecule has 1 unspecified atom stereocenters. The van der Waals surface area contributed by atoms with Crippen LogP contribution in [-0.2, 0) is 0 Å². The molecule has 112 valence electrons. The molecule has 2 heteroatoms. The molecule has 0 heterocycles. The second kappa shape index (κ2) is 8.19. The molecule has 1 saturated carbocycles. The van der Waals surface area contributed by atoms with Crippen LogP contribution >= 0.6 is 15.9 Å². The smallest absolute Gasteiger partial charge is 0.0175 e. The van der Waals surface area contributed by atoms with Crippen LogP contribution < -0.4 is 5.32 Å². The second-order valence-corrected chi connectivity index (χ2v) is 7.39. The average Bonchev–Trinajstić information content (AvgIpc) is 2.70. The summed E-state index contributed by atoms with van der Waals surface area (Å²) in [6.45, 7) is 5.60. The first-order valence-corrected chi connectivity index (χ1v) is 8.95. The van der Waals surface area contributed by atoms with E-state index in [0.717, 1.165) is 12.5 Å². The monoisotopic (exact) mass is 337 g/mol. The Labute approximate surface area is 132 Å². The van der Waals surface area contributed by atoms with Crippen molar-refractivity contribution in [3.05, 3.63) is 34.3 Å². The van der Waals surface area contributed by atoms with Gasteiger partial charge in [0.05, 0.1) is 0 Å². The Kier molecular flexibility index (Phi) is 6.57. The third-order valence-electron chi connectivity index (χ3n) is 4.51. The number of benzene rings is 1. The van der Waals surface area contributed by atoms with Gasteiger partial charge in [0.1, 0.15) is 0 Å². The van der Waals surface area contributed by atoms with E-state index >= 15 is 0 Å². The Balaban J connectivity index is 2.11. The third kappa shape index (κ3) is 4.89. The van der Waals surface area contributed by atoms with Crippen LogP contribution in [0.5, 0.6) is 0 Å². The van der Waals surface area contributed by atoms with Gasteiger partial charge in [0.25, 0.3) is 0 Å². The molecule has 0 aromatic heterocycles. The van der Waals surface area contributed by atoms with Crippen molar-refractivity contribution in [2.24, 2.45) is 5.92 Å². The minimum absolute atomic E-state index is 0.568. The molecule has 0 spiro atoms. The summed E-state index contributed by atoms with van der Waals surface area (Å²) in [7, 11) is 0. The van der Waals surface area contributed by atoms with Crippen LogP contribution in [0.25, 0.3) is 0 Å². The fraction of sp³-hybridized carbons (Fsp3) is 0.667. The van der Waals surface area contributed by atoms with Crippen LogP contribution in [0.15, 0.2) is 28.7 Å². The average molecular weight is 338 g/mol. The minimum Gasteiger partial charge on any atom is -0.314 e. The molecule has 1 aromatic carbocycles. The predicted molar refractivity (Wildman–Crippen MR) is 91.2 cm³/mol. The molecule has 1 aliphatic carbocycles. The summed E-state index contributed by atoms with van der Waals surface area (Å²) < 4.78 is 1.18. The lowest BCUT2D eigenvalue weighted by Gasteiger charge is -2.28. The van der Waals surface area contributed by atoms with Crippen molar-refractivity contribution in [2.75, 3.05) is 6.54 Å². The van der Waals surface area contributed by atoms with Crippen molar-refractivity contribution in [1.29, 1.82) is 0 Å². The largest absolute Gasteiger partial charge is 0.314 e. The number of halogens is 1. The van der Waals surface area contributed by atoms with Crippen molar-refractivity contribution in [3.8, 4) is 0 Å². The number of hydrogen-bond acceptors (Lipinski definition) is 1. The van der Waals surface area contributed by atoms with E-state index < -0.39 is 0 Å². The SMILES string of the molecule is CC(C)NCC(c1ccc(Br)cc1)C1CCCCCC1. The van der Waals surface area contributed by atoms with Gasteiger partial charge in [0.15, 0.2) is 0 Å². The predicted octanol–water partition coefficient (Wildman–Crippen LogP) is 5.50. The maximum Gasteiger partial charge on any atom is 0.0175 e. The molecular weight excluding hydrogens is 310 g/mol. The van der Waals surface area contributed by atoms with E-state index in [2.05, 4.69) is 59.4 Å². The first kappa shape index (κ1) is 16.0. The molecule has 1 fully saturated rings. The summed E-state index contributed by atoms with van der Waals surface area (Å²) in [6, 6.07) is 9.56. The van der Waals surface area contributed by atoms with Crippen molar-refractivity contribution < 1.29 is 0 Å². The van der Waals surface area contributed by atoms with Crippen molar-refractivity contribution in [3.63, 3.8) is 0 Å². The zero-order chi connectivity index (χ0) is 14.4. The Morgan fingerprint density at radius 1 is 1.05 bits per heavy atom. The molecule has 1 aliphatic rings. The molecule has 1 atom stereocenters. The summed E-state index contributed by atoms with van der Waals surface area (Å²) in [6.07, 6.45) is 8.50. The van der Waals surface area contributed by atoms with Gasteiger partial charge in [0, 0.05) is 17.1 Å². The zero-order valence-electron chi connectivity index (χ0n) is 12.9. The Hall–Kier alpha value is -0.340. The lowest BCUT2D eigenvalue weighted by molar-refractivity contribution is 0.353. The quantitative estimate of drug-likeness (QED) is 0.699. The Morgan fingerprint density at radius 3 is 2.20 bits per heavy atom. The third-order valence-corrected chi connectivity index (χ3v) is 5.04. The van der Waals surface area contributed by atoms with E-state index in [-0.39, 0.29) is 0 Å². The lowest BCUT2D eigenvalue weighted by atomic mass is 9.81. The van der Waals surface area contributed by atoms with Crippen LogP contribution in [-0.4, -0.2) is 12.6 Å². The van der Waals surface area contributed by atoms with Gasteiger partial charge < -0.3 is 5.32 Å². The molecule has 0 aliphatic heterocycles. The standard InChI is InChI=1S/C18H28BrN/c1-14(2)20-13-18(15-7-5-3-4-6-8-15)16-9-11-17(19)12-10-16/h9-12,14-15,18,20H,3-8,13H2,1-2H3. The molecule has 0 bridgehead atoms.